The van der Waals surface area contributed by atoms with Crippen molar-refractivity contribution in [2.45, 2.75) is 46.1 Å². The third-order valence-electron chi connectivity index (χ3n) is 7.13. The van der Waals surface area contributed by atoms with Crippen LogP contribution in [0, 0.1) is 17.6 Å². The van der Waals surface area contributed by atoms with E-state index < -0.39 is 11.6 Å². The Labute approximate surface area is 214 Å². The summed E-state index contributed by atoms with van der Waals surface area (Å²) in [6.45, 7) is 5.19. The average Bonchev–Trinajstić information content (AvgIpc) is 2.90. The predicted octanol–water partition coefficient (Wildman–Crippen LogP) is 4.19. The molecule has 1 aromatic heterocycles. The van der Waals surface area contributed by atoms with Gasteiger partial charge < -0.3 is 9.80 Å². The van der Waals surface area contributed by atoms with Crippen LogP contribution >= 0.6 is 0 Å². The maximum Gasteiger partial charge on any atom is 0.225 e. The summed E-state index contributed by atoms with van der Waals surface area (Å²) in [7, 11) is 0. The van der Waals surface area contributed by atoms with Crippen LogP contribution in [0.4, 0.5) is 14.7 Å². The summed E-state index contributed by atoms with van der Waals surface area (Å²) in [5.41, 5.74) is 1.65. The molecule has 1 aromatic carbocycles. The van der Waals surface area contributed by atoms with Crippen LogP contribution in [0.25, 0.3) is 0 Å². The zero-order valence-corrected chi connectivity index (χ0v) is 21.0. The number of aromatic nitrogens is 2. The average molecular weight is 509 g/mol. The summed E-state index contributed by atoms with van der Waals surface area (Å²) in [6, 6.07) is 5.24. The van der Waals surface area contributed by atoms with E-state index >= 15 is 0 Å². The van der Waals surface area contributed by atoms with Gasteiger partial charge >= 0.3 is 0 Å². The minimum Gasteiger partial charge on any atom is -0.343 e. The van der Waals surface area contributed by atoms with Crippen LogP contribution in [-0.2, 0) is 20.9 Å². The number of hydrogen-bond acceptors (Lipinski definition) is 6. The minimum absolute atomic E-state index is 0.0415. The van der Waals surface area contributed by atoms with Gasteiger partial charge in [-0.25, -0.2) is 18.7 Å². The number of allylic oxidation sites excluding steroid dienone is 4. The van der Waals surface area contributed by atoms with Gasteiger partial charge in [0.15, 0.2) is 11.6 Å². The van der Waals surface area contributed by atoms with Gasteiger partial charge in [0.1, 0.15) is 11.6 Å². The van der Waals surface area contributed by atoms with E-state index in [4.69, 9.17) is 0 Å². The quantitative estimate of drug-likeness (QED) is 0.497. The van der Waals surface area contributed by atoms with Gasteiger partial charge in [-0.3, -0.25) is 14.4 Å². The molecule has 4 rings (SSSR count). The summed E-state index contributed by atoms with van der Waals surface area (Å²) >= 11 is 0. The van der Waals surface area contributed by atoms with Crippen LogP contribution in [0.5, 0.6) is 0 Å². The number of carbonyl (C=O) groups is 3. The molecule has 0 saturated carbocycles. The zero-order chi connectivity index (χ0) is 26.5. The predicted molar refractivity (Wildman–Crippen MR) is 134 cm³/mol. The summed E-state index contributed by atoms with van der Waals surface area (Å²) in [6.07, 6.45) is 6.52. The summed E-state index contributed by atoms with van der Waals surface area (Å²) in [4.78, 5) is 49.6. The molecule has 7 nitrogen and oxygen atoms in total. The van der Waals surface area contributed by atoms with Crippen molar-refractivity contribution in [1.82, 2.24) is 14.9 Å². The van der Waals surface area contributed by atoms with Crippen molar-refractivity contribution >= 4 is 23.4 Å². The van der Waals surface area contributed by atoms with Crippen molar-refractivity contribution < 1.29 is 23.2 Å². The first-order valence-corrected chi connectivity index (χ1v) is 12.4. The highest BCUT2D eigenvalue weighted by Gasteiger charge is 2.27. The Morgan fingerprint density at radius 2 is 1.78 bits per heavy atom. The van der Waals surface area contributed by atoms with Gasteiger partial charge in [-0.1, -0.05) is 6.07 Å². The van der Waals surface area contributed by atoms with E-state index in [1.807, 2.05) is 4.90 Å². The number of rotatable bonds is 8. The molecular formula is C28H30F2N4O3. The van der Waals surface area contributed by atoms with E-state index in [1.165, 1.54) is 18.2 Å². The molecule has 1 fully saturated rings. The van der Waals surface area contributed by atoms with Crippen molar-refractivity contribution in [3.63, 3.8) is 0 Å². The number of anilines is 1. The summed E-state index contributed by atoms with van der Waals surface area (Å²) in [5.74, 6) is -0.928. The molecule has 0 radical (unpaired) electrons. The van der Waals surface area contributed by atoms with Crippen LogP contribution in [0.1, 0.15) is 45.1 Å². The van der Waals surface area contributed by atoms with Crippen LogP contribution < -0.4 is 4.90 Å². The Balaban J connectivity index is 1.33. The lowest BCUT2D eigenvalue weighted by Gasteiger charge is -2.35. The number of piperidine rings is 1. The van der Waals surface area contributed by atoms with Crippen LogP contribution in [0.3, 0.4) is 0 Å². The summed E-state index contributed by atoms with van der Waals surface area (Å²) in [5, 5.41) is 0. The number of halogens is 2. The van der Waals surface area contributed by atoms with Gasteiger partial charge in [-0.15, -0.1) is 0 Å². The molecule has 9 heteroatoms. The third-order valence-corrected chi connectivity index (χ3v) is 7.13. The Kier molecular flexibility index (Phi) is 8.21. The fourth-order valence-corrected chi connectivity index (χ4v) is 4.72. The molecule has 0 unspecified atom stereocenters. The lowest BCUT2D eigenvalue weighted by atomic mass is 9.89. The number of hydrogen-bond donors (Lipinski definition) is 0. The van der Waals surface area contributed by atoms with E-state index in [0.717, 1.165) is 18.9 Å². The second kappa shape index (κ2) is 11.5. The Morgan fingerprint density at radius 3 is 2.46 bits per heavy atom. The molecule has 1 saturated heterocycles. The molecule has 1 amide bonds. The monoisotopic (exact) mass is 508 g/mol. The van der Waals surface area contributed by atoms with E-state index in [0.29, 0.717) is 47.9 Å². The first-order chi connectivity index (χ1) is 17.7. The highest BCUT2D eigenvalue weighted by atomic mass is 19.1. The molecule has 0 atom stereocenters. The van der Waals surface area contributed by atoms with Crippen molar-refractivity contribution in [3.8, 4) is 0 Å². The normalized spacial score (nSPS) is 16.8. The largest absolute Gasteiger partial charge is 0.343 e. The van der Waals surface area contributed by atoms with E-state index in [-0.39, 0.29) is 42.8 Å². The second-order valence-electron chi connectivity index (χ2n) is 9.60. The third kappa shape index (κ3) is 6.34. The van der Waals surface area contributed by atoms with E-state index in [9.17, 15) is 23.2 Å². The first-order valence-electron chi connectivity index (χ1n) is 12.4. The van der Waals surface area contributed by atoms with Crippen molar-refractivity contribution in [2.75, 3.05) is 24.5 Å². The molecule has 37 heavy (non-hydrogen) atoms. The highest BCUT2D eigenvalue weighted by Crippen LogP contribution is 2.25. The smallest absolute Gasteiger partial charge is 0.225 e. The van der Waals surface area contributed by atoms with E-state index in [2.05, 4.69) is 9.97 Å². The second-order valence-corrected chi connectivity index (χ2v) is 9.60. The molecular weight excluding hydrogens is 478 g/mol. The SMILES string of the molecule is CC1=C(C)C(=O)C(CCC(=O)N2CCC(CN(Cc3ccc(F)cc3F)c3ncccn3)CC2)=CC1=O. The number of nitrogens with zero attached hydrogens (tertiary/aromatic N) is 4. The molecule has 0 spiro atoms. The first kappa shape index (κ1) is 26.3. The van der Waals surface area contributed by atoms with Gasteiger partial charge in [0.25, 0.3) is 0 Å². The highest BCUT2D eigenvalue weighted by molar-refractivity contribution is 6.22. The van der Waals surface area contributed by atoms with Gasteiger partial charge in [0.05, 0.1) is 0 Å². The summed E-state index contributed by atoms with van der Waals surface area (Å²) < 4.78 is 27.7. The number of carbonyl (C=O) groups excluding carboxylic acids is 3. The van der Waals surface area contributed by atoms with Gasteiger partial charge in [-0.2, -0.15) is 0 Å². The van der Waals surface area contributed by atoms with Gasteiger partial charge in [-0.05, 0) is 57.2 Å². The Morgan fingerprint density at radius 1 is 1.08 bits per heavy atom. The van der Waals surface area contributed by atoms with Crippen molar-refractivity contribution in [2.24, 2.45) is 5.92 Å². The number of Topliss-reactive ketones (excluding diaryl/α,β-unsaturated/α-hetero) is 1. The molecule has 194 valence electrons. The fraction of sp³-hybridized carbons (Fsp3) is 0.393. The molecule has 1 aliphatic carbocycles. The molecule has 0 bridgehead atoms. The molecule has 2 aliphatic rings. The number of ketones is 2. The molecule has 0 N–H and O–H groups in total. The molecule has 1 aliphatic heterocycles. The fourth-order valence-electron chi connectivity index (χ4n) is 4.72. The zero-order valence-electron chi connectivity index (χ0n) is 21.0. The van der Waals surface area contributed by atoms with E-state index in [1.54, 1.807) is 37.2 Å². The Hall–Kier alpha value is -3.75. The molecule has 2 aromatic rings. The van der Waals surface area contributed by atoms with Crippen molar-refractivity contribution in [1.29, 1.82) is 0 Å². The number of benzene rings is 1. The molecule has 2 heterocycles. The van der Waals surface area contributed by atoms with Crippen LogP contribution in [0.15, 0.2) is 59.5 Å². The van der Waals surface area contributed by atoms with Gasteiger partial charge in [0, 0.05) is 73.3 Å². The maximum atomic E-state index is 14.3. The standard InChI is InChI=1S/C28H30F2N4O3/c1-18-19(2)27(37)21(14-25(18)35)5-7-26(36)33-12-8-20(9-13-33)16-34(28-31-10-3-11-32-28)17-22-4-6-23(29)15-24(22)30/h3-4,6,10-11,14-15,20H,5,7-9,12-13,16-17H2,1-2H3. The number of amides is 1. The lowest BCUT2D eigenvalue weighted by molar-refractivity contribution is -0.132. The topological polar surface area (TPSA) is 83.5 Å². The lowest BCUT2D eigenvalue weighted by Crippen LogP contribution is -2.42. The van der Waals surface area contributed by atoms with Crippen LogP contribution in [-0.4, -0.2) is 52.0 Å². The number of likely N-dealkylation sites (tertiary alicyclic amines) is 1. The van der Waals surface area contributed by atoms with Crippen LogP contribution in [0.2, 0.25) is 0 Å². The van der Waals surface area contributed by atoms with Gasteiger partial charge in [0.2, 0.25) is 11.9 Å². The maximum absolute atomic E-state index is 14.3. The van der Waals surface area contributed by atoms with Crippen molar-refractivity contribution in [3.05, 3.63) is 76.7 Å². The Bertz CT molecular complexity index is 1250. The minimum atomic E-state index is -0.627.